The monoisotopic (exact) mass is 264 g/mol. The molecule has 0 aliphatic heterocycles. The zero-order valence-corrected chi connectivity index (χ0v) is 12.9. The molecule has 2 heteroatoms. The van der Waals surface area contributed by atoms with E-state index in [1.807, 2.05) is 0 Å². The molecule has 2 nitrogen and oxygen atoms in total. The fourth-order valence-electron chi connectivity index (χ4n) is 4.97. The van der Waals surface area contributed by atoms with Crippen molar-refractivity contribution in [3.8, 4) is 0 Å². The first-order valence-electron chi connectivity index (χ1n) is 7.79. The van der Waals surface area contributed by atoms with E-state index >= 15 is 0 Å². The highest BCUT2D eigenvalue weighted by molar-refractivity contribution is 5.84. The van der Waals surface area contributed by atoms with Gasteiger partial charge in [0.15, 0.2) is 0 Å². The molecule has 2 aliphatic rings. The molecule has 0 aromatic heterocycles. The van der Waals surface area contributed by atoms with Gasteiger partial charge in [-0.25, -0.2) is 0 Å². The summed E-state index contributed by atoms with van der Waals surface area (Å²) >= 11 is 0. The molecule has 2 saturated carbocycles. The van der Waals surface area contributed by atoms with Gasteiger partial charge in [0.1, 0.15) is 11.6 Å². The third kappa shape index (κ3) is 2.64. The van der Waals surface area contributed by atoms with E-state index in [2.05, 4.69) is 20.8 Å². The number of carbonyl (C=O) groups excluding carboxylic acids is 2. The minimum absolute atomic E-state index is 0.120. The van der Waals surface area contributed by atoms with Crippen LogP contribution in [-0.4, -0.2) is 11.6 Å². The van der Waals surface area contributed by atoms with Gasteiger partial charge in [0.25, 0.3) is 0 Å². The maximum Gasteiger partial charge on any atom is 0.136 e. The van der Waals surface area contributed by atoms with Crippen LogP contribution in [0, 0.1) is 22.7 Å². The average molecular weight is 264 g/mol. The molecule has 0 aromatic rings. The summed E-state index contributed by atoms with van der Waals surface area (Å²) < 4.78 is 0. The van der Waals surface area contributed by atoms with Crippen LogP contribution in [0.15, 0.2) is 0 Å². The maximum atomic E-state index is 12.4. The van der Waals surface area contributed by atoms with Gasteiger partial charge in [-0.1, -0.05) is 27.2 Å². The summed E-state index contributed by atoms with van der Waals surface area (Å²) in [7, 11) is 0. The molecule has 0 N–H and O–H groups in total. The number of hydrogen-bond acceptors (Lipinski definition) is 2. The molecule has 2 aliphatic carbocycles. The second kappa shape index (κ2) is 5.03. The Bertz CT molecular complexity index is 383. The van der Waals surface area contributed by atoms with Crippen LogP contribution in [-0.2, 0) is 9.59 Å². The van der Waals surface area contributed by atoms with Gasteiger partial charge in [-0.05, 0) is 49.4 Å². The van der Waals surface area contributed by atoms with Gasteiger partial charge in [-0.3, -0.25) is 4.79 Å². The fraction of sp³-hybridized carbons (Fsp3) is 0.882. The first-order valence-corrected chi connectivity index (χ1v) is 7.79. The second-order valence-electron chi connectivity index (χ2n) is 7.70. The Hall–Kier alpha value is -0.660. The van der Waals surface area contributed by atoms with Crippen LogP contribution in [0.2, 0.25) is 0 Å². The van der Waals surface area contributed by atoms with E-state index in [9.17, 15) is 9.59 Å². The molecule has 3 atom stereocenters. The molecule has 0 amide bonds. The molecule has 0 heterocycles. The lowest BCUT2D eigenvalue weighted by Crippen LogP contribution is -2.51. The van der Waals surface area contributed by atoms with Crippen molar-refractivity contribution in [3.63, 3.8) is 0 Å². The summed E-state index contributed by atoms with van der Waals surface area (Å²) in [6.45, 7) is 8.69. The van der Waals surface area contributed by atoms with Crippen LogP contribution in [0.25, 0.3) is 0 Å². The lowest BCUT2D eigenvalue weighted by molar-refractivity contribution is -0.143. The van der Waals surface area contributed by atoms with Gasteiger partial charge < -0.3 is 4.79 Å². The molecular formula is C17H28O2. The van der Waals surface area contributed by atoms with Crippen molar-refractivity contribution < 1.29 is 9.59 Å². The van der Waals surface area contributed by atoms with Gasteiger partial charge in [0, 0.05) is 18.8 Å². The van der Waals surface area contributed by atoms with Crippen molar-refractivity contribution in [2.45, 2.75) is 72.6 Å². The Morgan fingerprint density at radius 1 is 1.26 bits per heavy atom. The lowest BCUT2D eigenvalue weighted by atomic mass is 9.47. The molecule has 108 valence electrons. The number of ketones is 2. The number of carbonyl (C=O) groups is 2. The van der Waals surface area contributed by atoms with Crippen LogP contribution in [0.1, 0.15) is 72.6 Å². The molecule has 19 heavy (non-hydrogen) atoms. The minimum Gasteiger partial charge on any atom is -0.300 e. The van der Waals surface area contributed by atoms with Gasteiger partial charge in [0.05, 0.1) is 0 Å². The SMILES string of the molecule is CC(=O)CC[C@H]1C(=O)CC[C@H]2C(C)(C)CCC[C@]12C. The van der Waals surface area contributed by atoms with E-state index in [0.29, 0.717) is 23.5 Å². The molecular weight excluding hydrogens is 236 g/mol. The second-order valence-corrected chi connectivity index (χ2v) is 7.70. The standard InChI is InChI=1S/C17H28O2/c1-12(18)6-7-13-14(19)8-9-15-16(2,3)10-5-11-17(13,15)4/h13,15H,5-11H2,1-4H3/t13-,15-,17+/m0/s1. The largest absolute Gasteiger partial charge is 0.300 e. The third-order valence-electron chi connectivity index (χ3n) is 5.93. The van der Waals surface area contributed by atoms with E-state index in [0.717, 1.165) is 25.7 Å². The van der Waals surface area contributed by atoms with Crippen molar-refractivity contribution in [3.05, 3.63) is 0 Å². The normalized spacial score (nSPS) is 37.8. The summed E-state index contributed by atoms with van der Waals surface area (Å²) in [5.74, 6) is 1.39. The van der Waals surface area contributed by atoms with Crippen LogP contribution in [0.5, 0.6) is 0 Å². The molecule has 0 radical (unpaired) electrons. The molecule has 0 bridgehead atoms. The molecule has 0 spiro atoms. The van der Waals surface area contributed by atoms with Crippen molar-refractivity contribution in [2.24, 2.45) is 22.7 Å². The van der Waals surface area contributed by atoms with Gasteiger partial charge >= 0.3 is 0 Å². The summed E-state index contributed by atoms with van der Waals surface area (Å²) in [6.07, 6.45) is 6.79. The first-order chi connectivity index (χ1) is 8.77. The topological polar surface area (TPSA) is 34.1 Å². The van der Waals surface area contributed by atoms with Crippen LogP contribution < -0.4 is 0 Å². The highest BCUT2D eigenvalue weighted by Crippen LogP contribution is 2.59. The summed E-state index contributed by atoms with van der Waals surface area (Å²) in [4.78, 5) is 23.6. The average Bonchev–Trinajstić information content (AvgIpc) is 2.26. The summed E-state index contributed by atoms with van der Waals surface area (Å²) in [5.41, 5.74) is 0.481. The Morgan fingerprint density at radius 2 is 1.95 bits per heavy atom. The van der Waals surface area contributed by atoms with Crippen molar-refractivity contribution in [1.82, 2.24) is 0 Å². The van der Waals surface area contributed by atoms with E-state index in [1.165, 1.54) is 12.8 Å². The van der Waals surface area contributed by atoms with Crippen LogP contribution >= 0.6 is 0 Å². The maximum absolute atomic E-state index is 12.4. The Labute approximate surface area is 117 Å². The third-order valence-corrected chi connectivity index (χ3v) is 5.93. The van der Waals surface area contributed by atoms with E-state index in [4.69, 9.17) is 0 Å². The van der Waals surface area contributed by atoms with Gasteiger partial charge in [-0.15, -0.1) is 0 Å². The minimum atomic E-state index is 0.120. The van der Waals surface area contributed by atoms with Crippen molar-refractivity contribution >= 4 is 11.6 Å². The molecule has 0 unspecified atom stereocenters. The molecule has 2 fully saturated rings. The smallest absolute Gasteiger partial charge is 0.136 e. The Morgan fingerprint density at radius 3 is 2.58 bits per heavy atom. The van der Waals surface area contributed by atoms with Crippen LogP contribution in [0.4, 0.5) is 0 Å². The highest BCUT2D eigenvalue weighted by atomic mass is 16.1. The Kier molecular flexibility index (Phi) is 3.90. The van der Waals surface area contributed by atoms with Gasteiger partial charge in [0.2, 0.25) is 0 Å². The number of fused-ring (bicyclic) bond motifs is 1. The lowest BCUT2D eigenvalue weighted by Gasteiger charge is -2.56. The summed E-state index contributed by atoms with van der Waals surface area (Å²) in [5, 5.41) is 0. The zero-order chi connectivity index (χ0) is 14.3. The quantitative estimate of drug-likeness (QED) is 0.766. The van der Waals surface area contributed by atoms with Crippen molar-refractivity contribution in [1.29, 1.82) is 0 Å². The zero-order valence-electron chi connectivity index (χ0n) is 12.9. The predicted octanol–water partition coefficient (Wildman–Crippen LogP) is 4.17. The van der Waals surface area contributed by atoms with E-state index in [-0.39, 0.29) is 17.1 Å². The van der Waals surface area contributed by atoms with E-state index in [1.54, 1.807) is 6.92 Å². The van der Waals surface area contributed by atoms with Gasteiger partial charge in [-0.2, -0.15) is 0 Å². The fourth-order valence-corrected chi connectivity index (χ4v) is 4.97. The molecule has 0 aromatic carbocycles. The molecule has 0 saturated heterocycles. The Balaban J connectivity index is 2.24. The summed E-state index contributed by atoms with van der Waals surface area (Å²) in [6, 6.07) is 0. The van der Waals surface area contributed by atoms with E-state index < -0.39 is 0 Å². The number of hydrogen-bond donors (Lipinski definition) is 0. The first kappa shape index (κ1) is 14.7. The van der Waals surface area contributed by atoms with Crippen molar-refractivity contribution in [2.75, 3.05) is 0 Å². The number of rotatable bonds is 3. The van der Waals surface area contributed by atoms with Crippen LogP contribution in [0.3, 0.4) is 0 Å². The number of Topliss-reactive ketones (excluding diaryl/α,β-unsaturated/α-hetero) is 2. The predicted molar refractivity (Wildman–Crippen MR) is 76.9 cm³/mol. The molecule has 2 rings (SSSR count). The highest BCUT2D eigenvalue weighted by Gasteiger charge is 2.54.